The van der Waals surface area contributed by atoms with Gasteiger partial charge in [0, 0.05) is 9.61 Å². The zero-order chi connectivity index (χ0) is 16.0. The summed E-state index contributed by atoms with van der Waals surface area (Å²) in [6.45, 7) is 3.91. The fourth-order valence-corrected chi connectivity index (χ4v) is 3.80. The molecule has 0 aromatic heterocycles. The van der Waals surface area contributed by atoms with Crippen LogP contribution < -0.4 is 4.72 Å². The lowest BCUT2D eigenvalue weighted by molar-refractivity contribution is 0.0695. The molecule has 0 spiro atoms. The Hall–Kier alpha value is -0.670. The number of carbonyl (C=O) groups is 1. The van der Waals surface area contributed by atoms with E-state index in [9.17, 15) is 13.2 Å². The largest absolute Gasteiger partial charge is 0.478 e. The lowest BCUT2D eigenvalue weighted by Gasteiger charge is -2.14. The molecular formula is C14H20INO4S. The molecule has 1 aromatic carbocycles. The summed E-state index contributed by atoms with van der Waals surface area (Å²) in [5.41, 5.74) is -0.00267. The van der Waals surface area contributed by atoms with Crippen molar-refractivity contribution in [2.75, 3.05) is 0 Å². The van der Waals surface area contributed by atoms with E-state index in [-0.39, 0.29) is 16.5 Å². The molecule has 0 heterocycles. The van der Waals surface area contributed by atoms with Gasteiger partial charge in [0.1, 0.15) is 0 Å². The standard InChI is InChI=1S/C14H20INO4S/c1-3-4-5-6-10(2)16-21(19,20)11-7-8-13(15)12(9-11)14(17)18/h7-10,16H,3-6H2,1-2H3,(H,17,18). The van der Waals surface area contributed by atoms with Gasteiger partial charge < -0.3 is 5.11 Å². The molecule has 5 nitrogen and oxygen atoms in total. The zero-order valence-corrected chi connectivity index (χ0v) is 15.1. The molecular weight excluding hydrogens is 405 g/mol. The quantitative estimate of drug-likeness (QED) is 0.495. The monoisotopic (exact) mass is 425 g/mol. The first-order valence-corrected chi connectivity index (χ1v) is 9.39. The lowest BCUT2D eigenvalue weighted by atomic mass is 10.1. The van der Waals surface area contributed by atoms with Gasteiger partial charge in [-0.05, 0) is 54.1 Å². The van der Waals surface area contributed by atoms with Crippen LogP contribution in [0.15, 0.2) is 23.1 Å². The molecule has 0 amide bonds. The first kappa shape index (κ1) is 18.4. The van der Waals surface area contributed by atoms with Crippen molar-refractivity contribution in [3.8, 4) is 0 Å². The number of carboxylic acid groups (broad SMARTS) is 1. The summed E-state index contributed by atoms with van der Waals surface area (Å²) in [7, 11) is -3.69. The third-order valence-electron chi connectivity index (χ3n) is 3.08. The Morgan fingerprint density at radius 3 is 2.62 bits per heavy atom. The number of carboxylic acids is 1. The first-order chi connectivity index (χ1) is 9.77. The van der Waals surface area contributed by atoms with Crippen molar-refractivity contribution in [3.05, 3.63) is 27.3 Å². The molecule has 0 saturated carbocycles. The molecule has 0 aliphatic rings. The van der Waals surface area contributed by atoms with Crippen molar-refractivity contribution in [2.45, 2.75) is 50.5 Å². The maximum Gasteiger partial charge on any atom is 0.336 e. The highest BCUT2D eigenvalue weighted by atomic mass is 127. The second kappa shape index (κ2) is 8.09. The van der Waals surface area contributed by atoms with E-state index in [2.05, 4.69) is 11.6 Å². The van der Waals surface area contributed by atoms with Crippen molar-refractivity contribution in [3.63, 3.8) is 0 Å². The number of aromatic carboxylic acids is 1. The van der Waals surface area contributed by atoms with Crippen molar-refractivity contribution in [1.29, 1.82) is 0 Å². The smallest absolute Gasteiger partial charge is 0.336 e. The lowest BCUT2D eigenvalue weighted by Crippen LogP contribution is -2.32. The van der Waals surface area contributed by atoms with Crippen LogP contribution in [0.2, 0.25) is 0 Å². The number of hydrogen-bond acceptors (Lipinski definition) is 3. The molecule has 0 aliphatic heterocycles. The van der Waals surface area contributed by atoms with Gasteiger partial charge in [0.05, 0.1) is 10.5 Å². The number of halogens is 1. The fourth-order valence-electron chi connectivity index (χ4n) is 1.93. The maximum atomic E-state index is 12.3. The van der Waals surface area contributed by atoms with Crippen LogP contribution in [0.1, 0.15) is 49.9 Å². The molecule has 21 heavy (non-hydrogen) atoms. The molecule has 2 N–H and O–H groups in total. The second-order valence-corrected chi connectivity index (χ2v) is 7.84. The average molecular weight is 425 g/mol. The van der Waals surface area contributed by atoms with E-state index < -0.39 is 16.0 Å². The predicted molar refractivity (Wildman–Crippen MR) is 90.0 cm³/mol. The summed E-state index contributed by atoms with van der Waals surface area (Å²) < 4.78 is 27.6. The van der Waals surface area contributed by atoms with E-state index in [0.717, 1.165) is 25.7 Å². The summed E-state index contributed by atoms with van der Waals surface area (Å²) in [6.07, 6.45) is 3.88. The van der Waals surface area contributed by atoms with Gasteiger partial charge in [-0.25, -0.2) is 17.9 Å². The molecule has 0 aliphatic carbocycles. The minimum Gasteiger partial charge on any atom is -0.478 e. The van der Waals surface area contributed by atoms with Crippen LogP contribution in [0.5, 0.6) is 0 Å². The molecule has 1 aromatic rings. The zero-order valence-electron chi connectivity index (χ0n) is 12.1. The molecule has 1 atom stereocenters. The third kappa shape index (κ3) is 5.55. The van der Waals surface area contributed by atoms with Crippen LogP contribution >= 0.6 is 22.6 Å². The van der Waals surface area contributed by atoms with E-state index in [4.69, 9.17) is 5.11 Å². The molecule has 1 rings (SSSR count). The second-order valence-electron chi connectivity index (χ2n) is 4.96. The number of sulfonamides is 1. The van der Waals surface area contributed by atoms with Crippen molar-refractivity contribution < 1.29 is 18.3 Å². The molecule has 118 valence electrons. The van der Waals surface area contributed by atoms with E-state index in [1.54, 1.807) is 0 Å². The number of hydrogen-bond donors (Lipinski definition) is 2. The van der Waals surface area contributed by atoms with Gasteiger partial charge in [-0.2, -0.15) is 0 Å². The highest BCUT2D eigenvalue weighted by Gasteiger charge is 2.20. The molecule has 0 saturated heterocycles. The van der Waals surface area contributed by atoms with Gasteiger partial charge >= 0.3 is 5.97 Å². The van der Waals surface area contributed by atoms with E-state index in [0.29, 0.717) is 3.57 Å². The Bertz CT molecular complexity index is 601. The molecule has 0 radical (unpaired) electrons. The van der Waals surface area contributed by atoms with E-state index >= 15 is 0 Å². The topological polar surface area (TPSA) is 83.5 Å². The van der Waals surface area contributed by atoms with E-state index in [1.165, 1.54) is 18.2 Å². The number of benzene rings is 1. The Morgan fingerprint density at radius 1 is 1.38 bits per heavy atom. The maximum absolute atomic E-state index is 12.3. The van der Waals surface area contributed by atoms with Gasteiger partial charge in [0.25, 0.3) is 0 Å². The van der Waals surface area contributed by atoms with Crippen molar-refractivity contribution in [2.24, 2.45) is 0 Å². The van der Waals surface area contributed by atoms with Crippen LogP contribution in [0, 0.1) is 3.57 Å². The Labute approximate surface area is 139 Å². The third-order valence-corrected chi connectivity index (χ3v) is 5.60. The van der Waals surface area contributed by atoms with Gasteiger partial charge in [-0.15, -0.1) is 0 Å². The molecule has 0 fully saturated rings. The fraction of sp³-hybridized carbons (Fsp3) is 0.500. The molecule has 1 unspecified atom stereocenters. The Kier molecular flexibility index (Phi) is 7.08. The summed E-state index contributed by atoms with van der Waals surface area (Å²) >= 11 is 1.87. The predicted octanol–water partition coefficient (Wildman–Crippen LogP) is 3.24. The van der Waals surface area contributed by atoms with E-state index in [1.807, 2.05) is 29.5 Å². The molecule has 0 bridgehead atoms. The highest BCUT2D eigenvalue weighted by molar-refractivity contribution is 14.1. The minimum atomic E-state index is -3.69. The number of rotatable bonds is 8. The summed E-state index contributed by atoms with van der Waals surface area (Å²) in [4.78, 5) is 11.1. The van der Waals surface area contributed by atoms with Crippen LogP contribution in [0.25, 0.3) is 0 Å². The summed E-state index contributed by atoms with van der Waals surface area (Å²) in [5.74, 6) is -1.13. The Morgan fingerprint density at radius 2 is 2.05 bits per heavy atom. The Balaban J connectivity index is 2.88. The SMILES string of the molecule is CCCCCC(C)NS(=O)(=O)c1ccc(I)c(C(=O)O)c1. The van der Waals surface area contributed by atoms with Crippen molar-refractivity contribution >= 4 is 38.6 Å². The van der Waals surface area contributed by atoms with Gasteiger partial charge in [-0.3, -0.25) is 0 Å². The van der Waals surface area contributed by atoms with Crippen LogP contribution in [0.3, 0.4) is 0 Å². The summed E-state index contributed by atoms with van der Waals surface area (Å²) in [5, 5.41) is 9.06. The van der Waals surface area contributed by atoms with Gasteiger partial charge in [-0.1, -0.05) is 26.2 Å². The van der Waals surface area contributed by atoms with Crippen LogP contribution in [-0.4, -0.2) is 25.5 Å². The highest BCUT2D eigenvalue weighted by Crippen LogP contribution is 2.18. The summed E-state index contributed by atoms with van der Waals surface area (Å²) in [6, 6.07) is 3.95. The van der Waals surface area contributed by atoms with Crippen molar-refractivity contribution in [1.82, 2.24) is 4.72 Å². The van der Waals surface area contributed by atoms with Crippen LogP contribution in [0.4, 0.5) is 0 Å². The van der Waals surface area contributed by atoms with Gasteiger partial charge in [0.2, 0.25) is 10.0 Å². The number of unbranched alkanes of at least 4 members (excludes halogenated alkanes) is 2. The first-order valence-electron chi connectivity index (χ1n) is 6.83. The van der Waals surface area contributed by atoms with Gasteiger partial charge in [0.15, 0.2) is 0 Å². The average Bonchev–Trinajstić information content (AvgIpc) is 2.38. The normalized spacial score (nSPS) is 13.1. The number of nitrogens with one attached hydrogen (secondary N) is 1. The molecule has 7 heteroatoms. The minimum absolute atomic E-state index is 0.00267. The van der Waals surface area contributed by atoms with Crippen LogP contribution in [-0.2, 0) is 10.0 Å².